The maximum absolute atomic E-state index is 13.3. The Morgan fingerprint density at radius 1 is 1.50 bits per heavy atom. The first kappa shape index (κ1) is 12.5. The molecule has 0 bridgehead atoms. The number of carboxylic acids is 1. The molecule has 0 aliphatic heterocycles. The Labute approximate surface area is 95.8 Å². The fourth-order valence-corrected chi connectivity index (χ4v) is 1.47. The lowest BCUT2D eigenvalue weighted by Crippen LogP contribution is -2.17. The fraction of sp³-hybridized carbons (Fsp3) is 0.200. The molecule has 16 heavy (non-hydrogen) atoms. The summed E-state index contributed by atoms with van der Waals surface area (Å²) in [5.74, 6) is -2.32. The van der Waals surface area contributed by atoms with Gasteiger partial charge in [-0.05, 0) is 18.4 Å². The van der Waals surface area contributed by atoms with Gasteiger partial charge in [0.25, 0.3) is 0 Å². The standard InChI is InChI=1S/C10H10FNO3S/c1-16-5-8(13)12-9-6(10(14)15)3-2-4-7(9)11/h2-4H,5H2,1H3,(H,12,13)(H,14,15). The molecule has 1 rings (SSSR count). The number of anilines is 1. The van der Waals surface area contributed by atoms with Crippen LogP contribution in [0.25, 0.3) is 0 Å². The highest BCUT2D eigenvalue weighted by Gasteiger charge is 2.15. The van der Waals surface area contributed by atoms with Crippen molar-refractivity contribution in [1.29, 1.82) is 0 Å². The summed E-state index contributed by atoms with van der Waals surface area (Å²) >= 11 is 1.27. The summed E-state index contributed by atoms with van der Waals surface area (Å²) in [6, 6.07) is 3.62. The smallest absolute Gasteiger partial charge is 0.337 e. The molecule has 1 amide bonds. The third-order valence-corrected chi connectivity index (χ3v) is 2.33. The summed E-state index contributed by atoms with van der Waals surface area (Å²) in [5.41, 5.74) is -0.538. The quantitative estimate of drug-likeness (QED) is 0.846. The highest BCUT2D eigenvalue weighted by Crippen LogP contribution is 2.20. The van der Waals surface area contributed by atoms with Crippen molar-refractivity contribution in [2.75, 3.05) is 17.3 Å². The molecule has 6 heteroatoms. The zero-order valence-electron chi connectivity index (χ0n) is 8.49. The van der Waals surface area contributed by atoms with Gasteiger partial charge in [0.05, 0.1) is 17.0 Å². The molecule has 0 unspecified atom stereocenters. The van der Waals surface area contributed by atoms with E-state index in [9.17, 15) is 14.0 Å². The number of halogens is 1. The zero-order chi connectivity index (χ0) is 12.1. The summed E-state index contributed by atoms with van der Waals surface area (Å²) in [6.07, 6.45) is 1.72. The summed E-state index contributed by atoms with van der Waals surface area (Å²) in [7, 11) is 0. The minimum Gasteiger partial charge on any atom is -0.478 e. The minimum absolute atomic E-state index is 0.146. The molecule has 2 N–H and O–H groups in total. The number of hydrogen-bond acceptors (Lipinski definition) is 3. The van der Waals surface area contributed by atoms with E-state index in [1.165, 1.54) is 23.9 Å². The summed E-state index contributed by atoms with van der Waals surface area (Å²) < 4.78 is 13.3. The molecule has 0 aliphatic carbocycles. The third-order valence-electron chi connectivity index (χ3n) is 1.78. The number of thioether (sulfide) groups is 1. The van der Waals surface area contributed by atoms with Crippen LogP contribution in [0.4, 0.5) is 10.1 Å². The first-order valence-corrected chi connectivity index (χ1v) is 5.76. The average molecular weight is 243 g/mol. The highest BCUT2D eigenvalue weighted by molar-refractivity contribution is 7.99. The van der Waals surface area contributed by atoms with Crippen LogP contribution in [0.15, 0.2) is 18.2 Å². The summed E-state index contributed by atoms with van der Waals surface area (Å²) in [4.78, 5) is 22.0. The lowest BCUT2D eigenvalue weighted by molar-refractivity contribution is -0.113. The van der Waals surface area contributed by atoms with Crippen LogP contribution in [0.1, 0.15) is 10.4 Å². The molecule has 0 atom stereocenters. The number of benzene rings is 1. The van der Waals surface area contributed by atoms with Crippen molar-refractivity contribution < 1.29 is 19.1 Å². The number of nitrogens with one attached hydrogen (secondary N) is 1. The van der Waals surface area contributed by atoms with E-state index >= 15 is 0 Å². The molecule has 0 radical (unpaired) electrons. The number of carbonyl (C=O) groups is 2. The Morgan fingerprint density at radius 2 is 2.19 bits per heavy atom. The molecule has 86 valence electrons. The van der Waals surface area contributed by atoms with Crippen LogP contribution in [0.3, 0.4) is 0 Å². The lowest BCUT2D eigenvalue weighted by atomic mass is 10.1. The number of amides is 1. The molecule has 0 aromatic heterocycles. The highest BCUT2D eigenvalue weighted by atomic mass is 32.2. The molecule has 4 nitrogen and oxygen atoms in total. The van der Waals surface area contributed by atoms with Crippen LogP contribution in [0.2, 0.25) is 0 Å². The van der Waals surface area contributed by atoms with Crippen LogP contribution >= 0.6 is 11.8 Å². The van der Waals surface area contributed by atoms with E-state index < -0.39 is 17.7 Å². The Hall–Kier alpha value is -1.56. The topological polar surface area (TPSA) is 66.4 Å². The van der Waals surface area contributed by atoms with Gasteiger partial charge in [0, 0.05) is 0 Å². The van der Waals surface area contributed by atoms with Gasteiger partial charge in [0.15, 0.2) is 0 Å². The summed E-state index contributed by atoms with van der Waals surface area (Å²) in [6.45, 7) is 0. The molecule has 0 spiro atoms. The van der Waals surface area contributed by atoms with E-state index in [-0.39, 0.29) is 17.0 Å². The monoisotopic (exact) mass is 243 g/mol. The lowest BCUT2D eigenvalue weighted by Gasteiger charge is -2.08. The van der Waals surface area contributed by atoms with Gasteiger partial charge in [0.1, 0.15) is 5.82 Å². The van der Waals surface area contributed by atoms with Gasteiger partial charge in [-0.15, -0.1) is 0 Å². The van der Waals surface area contributed by atoms with E-state index in [4.69, 9.17) is 5.11 Å². The molecule has 0 saturated heterocycles. The Bertz CT molecular complexity index is 423. The second kappa shape index (κ2) is 5.50. The number of aromatic carboxylic acids is 1. The fourth-order valence-electron chi connectivity index (χ4n) is 1.14. The maximum Gasteiger partial charge on any atom is 0.337 e. The second-order valence-electron chi connectivity index (χ2n) is 2.95. The van der Waals surface area contributed by atoms with Gasteiger partial charge in [-0.25, -0.2) is 9.18 Å². The van der Waals surface area contributed by atoms with Crippen LogP contribution in [0, 0.1) is 5.82 Å². The van der Waals surface area contributed by atoms with Crippen LogP contribution in [-0.2, 0) is 4.79 Å². The number of carbonyl (C=O) groups excluding carboxylic acids is 1. The van der Waals surface area contributed by atoms with Crippen molar-refractivity contribution >= 4 is 29.3 Å². The van der Waals surface area contributed by atoms with Crippen molar-refractivity contribution in [3.8, 4) is 0 Å². The molecule has 0 heterocycles. The van der Waals surface area contributed by atoms with E-state index in [1.807, 2.05) is 0 Å². The van der Waals surface area contributed by atoms with E-state index in [1.54, 1.807) is 6.26 Å². The van der Waals surface area contributed by atoms with Crippen molar-refractivity contribution in [2.45, 2.75) is 0 Å². The molecule has 0 fully saturated rings. The van der Waals surface area contributed by atoms with Crippen LogP contribution in [0.5, 0.6) is 0 Å². The molecule has 0 aliphatic rings. The van der Waals surface area contributed by atoms with Gasteiger partial charge >= 0.3 is 5.97 Å². The Balaban J connectivity index is 3.01. The zero-order valence-corrected chi connectivity index (χ0v) is 9.31. The minimum atomic E-state index is -1.28. The first-order valence-electron chi connectivity index (χ1n) is 4.37. The summed E-state index contributed by atoms with van der Waals surface area (Å²) in [5, 5.41) is 11.1. The molecular formula is C10H10FNO3S. The van der Waals surface area contributed by atoms with E-state index in [0.717, 1.165) is 6.07 Å². The van der Waals surface area contributed by atoms with E-state index in [0.29, 0.717) is 0 Å². The Kier molecular flexibility index (Phi) is 4.30. The molecular weight excluding hydrogens is 233 g/mol. The number of para-hydroxylation sites is 1. The maximum atomic E-state index is 13.3. The van der Waals surface area contributed by atoms with Crippen LogP contribution < -0.4 is 5.32 Å². The normalized spacial score (nSPS) is 9.88. The first-order chi connectivity index (χ1) is 7.56. The predicted octanol–water partition coefficient (Wildman–Crippen LogP) is 1.83. The third kappa shape index (κ3) is 2.96. The SMILES string of the molecule is CSCC(=O)Nc1c(F)cccc1C(=O)O. The van der Waals surface area contributed by atoms with Gasteiger partial charge in [-0.3, -0.25) is 4.79 Å². The van der Waals surface area contributed by atoms with Crippen molar-refractivity contribution in [1.82, 2.24) is 0 Å². The Morgan fingerprint density at radius 3 is 2.75 bits per heavy atom. The number of carboxylic acid groups (broad SMARTS) is 1. The van der Waals surface area contributed by atoms with Crippen molar-refractivity contribution in [3.63, 3.8) is 0 Å². The molecule has 0 saturated carbocycles. The average Bonchev–Trinajstić information content (AvgIpc) is 2.21. The van der Waals surface area contributed by atoms with Crippen LogP contribution in [-0.4, -0.2) is 29.0 Å². The van der Waals surface area contributed by atoms with Crippen molar-refractivity contribution in [3.05, 3.63) is 29.6 Å². The predicted molar refractivity (Wildman–Crippen MR) is 60.4 cm³/mol. The molecule has 1 aromatic rings. The van der Waals surface area contributed by atoms with Gasteiger partial charge < -0.3 is 10.4 Å². The van der Waals surface area contributed by atoms with Gasteiger partial charge in [-0.1, -0.05) is 6.07 Å². The molecule has 1 aromatic carbocycles. The number of rotatable bonds is 4. The van der Waals surface area contributed by atoms with Gasteiger partial charge in [0.2, 0.25) is 5.91 Å². The van der Waals surface area contributed by atoms with Gasteiger partial charge in [-0.2, -0.15) is 11.8 Å². The largest absolute Gasteiger partial charge is 0.478 e. The second-order valence-corrected chi connectivity index (χ2v) is 3.81. The van der Waals surface area contributed by atoms with Crippen molar-refractivity contribution in [2.24, 2.45) is 0 Å². The number of hydrogen-bond donors (Lipinski definition) is 2. The van der Waals surface area contributed by atoms with E-state index in [2.05, 4.69) is 5.32 Å².